The summed E-state index contributed by atoms with van der Waals surface area (Å²) in [4.78, 5) is 0. The SMILES string of the molecule is CCCOC(CF)C(F)(F)F. The maximum absolute atomic E-state index is 11.7. The van der Waals surface area contributed by atoms with Gasteiger partial charge in [0.2, 0.25) is 0 Å². The molecule has 11 heavy (non-hydrogen) atoms. The van der Waals surface area contributed by atoms with Crippen molar-refractivity contribution in [1.82, 2.24) is 0 Å². The molecule has 0 bridgehead atoms. The van der Waals surface area contributed by atoms with E-state index in [1.807, 2.05) is 0 Å². The van der Waals surface area contributed by atoms with E-state index >= 15 is 0 Å². The maximum atomic E-state index is 11.7. The van der Waals surface area contributed by atoms with Crippen LogP contribution >= 0.6 is 0 Å². The highest BCUT2D eigenvalue weighted by Crippen LogP contribution is 2.23. The topological polar surface area (TPSA) is 9.23 Å². The average Bonchev–Trinajstić information content (AvgIpc) is 1.87. The predicted molar refractivity (Wildman–Crippen MR) is 32.1 cm³/mol. The van der Waals surface area contributed by atoms with E-state index in [1.165, 1.54) is 0 Å². The molecule has 0 aliphatic carbocycles. The molecule has 5 heteroatoms. The van der Waals surface area contributed by atoms with Gasteiger partial charge < -0.3 is 4.74 Å². The molecule has 0 N–H and O–H groups in total. The van der Waals surface area contributed by atoms with Crippen molar-refractivity contribution in [2.45, 2.75) is 25.6 Å². The second-order valence-corrected chi connectivity index (χ2v) is 2.06. The standard InChI is InChI=1S/C6H10F4O/c1-2-3-11-5(4-7)6(8,9)10/h5H,2-4H2,1H3. The molecule has 1 nitrogen and oxygen atoms in total. The molecule has 0 aromatic carbocycles. The molecule has 0 aliphatic rings. The lowest BCUT2D eigenvalue weighted by Gasteiger charge is -2.16. The Morgan fingerprint density at radius 3 is 2.18 bits per heavy atom. The quantitative estimate of drug-likeness (QED) is 0.594. The lowest BCUT2D eigenvalue weighted by Crippen LogP contribution is -2.33. The van der Waals surface area contributed by atoms with Gasteiger partial charge in [-0.3, -0.25) is 0 Å². The van der Waals surface area contributed by atoms with E-state index in [-0.39, 0.29) is 6.61 Å². The molecule has 1 atom stereocenters. The summed E-state index contributed by atoms with van der Waals surface area (Å²) in [5.74, 6) is 0. The Morgan fingerprint density at radius 2 is 1.91 bits per heavy atom. The molecule has 0 saturated carbocycles. The first-order valence-corrected chi connectivity index (χ1v) is 3.26. The Bertz CT molecular complexity index is 101. The number of halogens is 4. The Labute approximate surface area is 62.3 Å². The smallest absolute Gasteiger partial charge is 0.366 e. The van der Waals surface area contributed by atoms with Crippen LogP contribution in [0.25, 0.3) is 0 Å². The van der Waals surface area contributed by atoms with Crippen molar-refractivity contribution in [3.63, 3.8) is 0 Å². The fourth-order valence-corrected chi connectivity index (χ4v) is 0.487. The highest BCUT2D eigenvalue weighted by Gasteiger charge is 2.40. The summed E-state index contributed by atoms with van der Waals surface area (Å²) in [5.41, 5.74) is 0. The second kappa shape index (κ2) is 4.54. The molecule has 0 heterocycles. The van der Waals surface area contributed by atoms with Gasteiger partial charge in [0.05, 0.1) is 0 Å². The van der Waals surface area contributed by atoms with Crippen LogP contribution in [0.4, 0.5) is 17.6 Å². The molecule has 0 aromatic heterocycles. The third-order valence-electron chi connectivity index (χ3n) is 1.03. The summed E-state index contributed by atoms with van der Waals surface area (Å²) in [6.45, 7) is 0.0866. The zero-order chi connectivity index (χ0) is 8.91. The summed E-state index contributed by atoms with van der Waals surface area (Å²) < 4.78 is 50.9. The Morgan fingerprint density at radius 1 is 1.36 bits per heavy atom. The van der Waals surface area contributed by atoms with Gasteiger partial charge in [0.25, 0.3) is 0 Å². The largest absolute Gasteiger partial charge is 0.417 e. The van der Waals surface area contributed by atoms with Crippen LogP contribution in [0.3, 0.4) is 0 Å². The lowest BCUT2D eigenvalue weighted by molar-refractivity contribution is -0.223. The molecule has 0 amide bonds. The van der Waals surface area contributed by atoms with Crippen LogP contribution in [0.15, 0.2) is 0 Å². The van der Waals surface area contributed by atoms with Gasteiger partial charge >= 0.3 is 6.18 Å². The van der Waals surface area contributed by atoms with Crippen LogP contribution in [-0.4, -0.2) is 25.6 Å². The van der Waals surface area contributed by atoms with Crippen molar-refractivity contribution in [3.05, 3.63) is 0 Å². The van der Waals surface area contributed by atoms with Gasteiger partial charge in [0, 0.05) is 6.61 Å². The van der Waals surface area contributed by atoms with Crippen LogP contribution in [0, 0.1) is 0 Å². The van der Waals surface area contributed by atoms with Crippen LogP contribution in [0.5, 0.6) is 0 Å². The average molecular weight is 174 g/mol. The number of ether oxygens (including phenoxy) is 1. The summed E-state index contributed by atoms with van der Waals surface area (Å²) in [7, 11) is 0. The van der Waals surface area contributed by atoms with E-state index < -0.39 is 19.0 Å². The highest BCUT2D eigenvalue weighted by molar-refractivity contribution is 4.65. The van der Waals surface area contributed by atoms with Crippen molar-refractivity contribution in [2.75, 3.05) is 13.3 Å². The first-order valence-electron chi connectivity index (χ1n) is 3.26. The van der Waals surface area contributed by atoms with E-state index in [1.54, 1.807) is 6.92 Å². The van der Waals surface area contributed by atoms with Crippen molar-refractivity contribution >= 4 is 0 Å². The predicted octanol–water partition coefficient (Wildman–Crippen LogP) is 2.31. The normalized spacial score (nSPS) is 15.0. The van der Waals surface area contributed by atoms with E-state index in [9.17, 15) is 17.6 Å². The number of hydrogen-bond donors (Lipinski definition) is 0. The van der Waals surface area contributed by atoms with Crippen LogP contribution in [-0.2, 0) is 4.74 Å². The molecule has 0 aromatic rings. The first kappa shape index (κ1) is 10.7. The molecule has 0 aliphatic heterocycles. The van der Waals surface area contributed by atoms with Crippen molar-refractivity contribution in [3.8, 4) is 0 Å². The zero-order valence-electron chi connectivity index (χ0n) is 6.12. The Kier molecular flexibility index (Phi) is 4.40. The van der Waals surface area contributed by atoms with Gasteiger partial charge in [-0.2, -0.15) is 13.2 Å². The maximum Gasteiger partial charge on any atom is 0.417 e. The van der Waals surface area contributed by atoms with Gasteiger partial charge in [0.1, 0.15) is 6.67 Å². The molecular weight excluding hydrogens is 164 g/mol. The molecule has 0 rings (SSSR count). The van der Waals surface area contributed by atoms with Crippen molar-refractivity contribution < 1.29 is 22.3 Å². The van der Waals surface area contributed by atoms with Gasteiger partial charge in [0.15, 0.2) is 6.10 Å². The number of alkyl halides is 4. The highest BCUT2D eigenvalue weighted by atomic mass is 19.4. The molecule has 0 saturated heterocycles. The number of rotatable bonds is 4. The molecular formula is C6H10F4O. The van der Waals surface area contributed by atoms with Gasteiger partial charge in [-0.1, -0.05) is 6.92 Å². The summed E-state index contributed by atoms with van der Waals surface area (Å²) >= 11 is 0. The van der Waals surface area contributed by atoms with Gasteiger partial charge in [-0.15, -0.1) is 0 Å². The molecule has 0 radical (unpaired) electrons. The minimum atomic E-state index is -4.58. The van der Waals surface area contributed by atoms with E-state index in [0.717, 1.165) is 0 Å². The van der Waals surface area contributed by atoms with Gasteiger partial charge in [-0.05, 0) is 6.42 Å². The Balaban J connectivity index is 3.76. The zero-order valence-corrected chi connectivity index (χ0v) is 6.12. The second-order valence-electron chi connectivity index (χ2n) is 2.06. The molecule has 68 valence electrons. The third kappa shape index (κ3) is 4.19. The monoisotopic (exact) mass is 174 g/mol. The van der Waals surface area contributed by atoms with E-state index in [2.05, 4.69) is 4.74 Å². The minimum absolute atomic E-state index is 0.0614. The summed E-state index contributed by atoms with van der Waals surface area (Å²) in [5, 5.41) is 0. The summed E-state index contributed by atoms with van der Waals surface area (Å²) in [6.07, 6.45) is -6.38. The van der Waals surface area contributed by atoms with Crippen LogP contribution in [0.1, 0.15) is 13.3 Å². The minimum Gasteiger partial charge on any atom is -0.366 e. The lowest BCUT2D eigenvalue weighted by atomic mass is 10.4. The van der Waals surface area contributed by atoms with Crippen molar-refractivity contribution in [2.24, 2.45) is 0 Å². The van der Waals surface area contributed by atoms with E-state index in [4.69, 9.17) is 0 Å². The summed E-state index contributed by atoms with van der Waals surface area (Å²) in [6, 6.07) is 0. The van der Waals surface area contributed by atoms with Crippen LogP contribution in [0.2, 0.25) is 0 Å². The third-order valence-corrected chi connectivity index (χ3v) is 1.03. The molecule has 0 spiro atoms. The molecule has 1 unspecified atom stereocenters. The fraction of sp³-hybridized carbons (Fsp3) is 1.00. The van der Waals surface area contributed by atoms with Crippen molar-refractivity contribution in [1.29, 1.82) is 0 Å². The fourth-order valence-electron chi connectivity index (χ4n) is 0.487. The molecule has 0 fully saturated rings. The first-order chi connectivity index (χ1) is 5.02. The number of hydrogen-bond acceptors (Lipinski definition) is 1. The van der Waals surface area contributed by atoms with Crippen LogP contribution < -0.4 is 0 Å². The van der Waals surface area contributed by atoms with Gasteiger partial charge in [-0.25, -0.2) is 4.39 Å². The van der Waals surface area contributed by atoms with E-state index in [0.29, 0.717) is 6.42 Å². The Hall–Kier alpha value is -0.320.